The van der Waals surface area contributed by atoms with Gasteiger partial charge in [-0.05, 0) is 54.4 Å². The normalized spacial score (nSPS) is 16.4. The van der Waals surface area contributed by atoms with Gasteiger partial charge in [0.15, 0.2) is 0 Å². The topological polar surface area (TPSA) is 113 Å². The number of Topliss-reactive ketones (excluding diaryl/α,β-unsaturated/α-hetero) is 1. The van der Waals surface area contributed by atoms with Gasteiger partial charge in [-0.2, -0.15) is 0 Å². The number of ketones is 1. The Balaban J connectivity index is 1.77. The number of rotatable bonds is 11. The van der Waals surface area contributed by atoms with E-state index in [2.05, 4.69) is 6.92 Å². The third-order valence-electron chi connectivity index (χ3n) is 6.59. The van der Waals surface area contributed by atoms with E-state index < -0.39 is 23.7 Å². The molecule has 202 valence electrons. The van der Waals surface area contributed by atoms with E-state index in [1.54, 1.807) is 72.8 Å². The molecule has 8 heteroatoms. The number of hydrogen-bond acceptors (Lipinski definition) is 6. The van der Waals surface area contributed by atoms with Crippen molar-refractivity contribution in [1.82, 2.24) is 0 Å². The number of carbonyl (C=O) groups excluding carboxylic acids is 2. The Morgan fingerprint density at radius 2 is 1.62 bits per heavy atom. The number of ether oxygens (including phenoxy) is 2. The second-order valence-electron chi connectivity index (χ2n) is 9.23. The maximum absolute atomic E-state index is 13.4. The average molecular weight is 530 g/mol. The maximum atomic E-state index is 13.4. The summed E-state index contributed by atoms with van der Waals surface area (Å²) in [7, 11) is 1.49. The van der Waals surface area contributed by atoms with Crippen molar-refractivity contribution in [3.05, 3.63) is 95.1 Å². The van der Waals surface area contributed by atoms with Crippen molar-refractivity contribution in [1.29, 1.82) is 0 Å². The van der Waals surface area contributed by atoms with E-state index in [0.29, 0.717) is 40.5 Å². The highest BCUT2D eigenvalue weighted by atomic mass is 16.5. The number of aliphatic hydroxyl groups is 1. The highest BCUT2D eigenvalue weighted by Gasteiger charge is 2.47. The molecule has 1 unspecified atom stereocenters. The van der Waals surface area contributed by atoms with Gasteiger partial charge < -0.3 is 19.7 Å². The number of carboxylic acid groups (broad SMARTS) is 1. The van der Waals surface area contributed by atoms with E-state index in [1.807, 2.05) is 0 Å². The van der Waals surface area contributed by atoms with Gasteiger partial charge in [0, 0.05) is 16.8 Å². The predicted octanol–water partition coefficient (Wildman–Crippen LogP) is 5.52. The molecular weight excluding hydrogens is 498 g/mol. The van der Waals surface area contributed by atoms with Gasteiger partial charge in [-0.1, -0.05) is 50.1 Å². The van der Waals surface area contributed by atoms with Crippen LogP contribution in [-0.4, -0.2) is 41.6 Å². The number of amides is 1. The summed E-state index contributed by atoms with van der Waals surface area (Å²) in [6.07, 6.45) is 2.93. The Kier molecular flexibility index (Phi) is 8.66. The number of aliphatic hydroxyl groups excluding tert-OH is 1. The van der Waals surface area contributed by atoms with Gasteiger partial charge in [0.2, 0.25) is 0 Å². The quantitative estimate of drug-likeness (QED) is 0.146. The monoisotopic (exact) mass is 529 g/mol. The van der Waals surface area contributed by atoms with Crippen molar-refractivity contribution in [2.45, 2.75) is 38.6 Å². The third-order valence-corrected chi connectivity index (χ3v) is 6.59. The summed E-state index contributed by atoms with van der Waals surface area (Å²) in [6, 6.07) is 19.1. The van der Waals surface area contributed by atoms with Crippen LogP contribution in [0.1, 0.15) is 48.9 Å². The highest BCUT2D eigenvalue weighted by molar-refractivity contribution is 6.51. The first kappa shape index (κ1) is 27.4. The zero-order valence-electron chi connectivity index (χ0n) is 21.9. The zero-order valence-corrected chi connectivity index (χ0v) is 21.9. The Labute approximate surface area is 227 Å². The van der Waals surface area contributed by atoms with Crippen molar-refractivity contribution >= 4 is 29.1 Å². The van der Waals surface area contributed by atoms with Gasteiger partial charge in [0.05, 0.1) is 31.8 Å². The molecule has 2 N–H and O–H groups in total. The van der Waals surface area contributed by atoms with Crippen molar-refractivity contribution in [2.24, 2.45) is 0 Å². The summed E-state index contributed by atoms with van der Waals surface area (Å²) in [5.74, 6) is -1.85. The van der Waals surface area contributed by atoms with Crippen LogP contribution in [0.4, 0.5) is 5.69 Å². The summed E-state index contributed by atoms with van der Waals surface area (Å²) in [5, 5.41) is 20.5. The first-order valence-electron chi connectivity index (χ1n) is 12.8. The number of methoxy groups -OCH3 is 1. The second kappa shape index (κ2) is 12.3. The summed E-state index contributed by atoms with van der Waals surface area (Å²) < 4.78 is 11.3. The van der Waals surface area contributed by atoms with Crippen LogP contribution >= 0.6 is 0 Å². The van der Waals surface area contributed by atoms with Gasteiger partial charge in [-0.25, -0.2) is 0 Å². The summed E-state index contributed by atoms with van der Waals surface area (Å²) in [6.45, 7) is 2.71. The number of aliphatic carboxylic acids is 1. The van der Waals surface area contributed by atoms with Crippen LogP contribution in [0.25, 0.3) is 5.76 Å². The minimum absolute atomic E-state index is 0.0734. The van der Waals surface area contributed by atoms with Crippen molar-refractivity contribution in [3.63, 3.8) is 0 Å². The number of para-hydroxylation sites is 1. The van der Waals surface area contributed by atoms with Crippen molar-refractivity contribution in [2.75, 3.05) is 18.6 Å². The number of unbranched alkanes of at least 4 members (excludes halogenated alkanes) is 2. The average Bonchev–Trinajstić information content (AvgIpc) is 3.21. The summed E-state index contributed by atoms with van der Waals surface area (Å²) in [4.78, 5) is 39.2. The Morgan fingerprint density at radius 3 is 2.26 bits per heavy atom. The molecule has 1 aliphatic rings. The largest absolute Gasteiger partial charge is 0.507 e. The fourth-order valence-electron chi connectivity index (χ4n) is 4.64. The predicted molar refractivity (Wildman–Crippen MR) is 147 cm³/mol. The molecule has 0 saturated carbocycles. The Bertz CT molecular complexity index is 1380. The van der Waals surface area contributed by atoms with Crippen LogP contribution in [0.3, 0.4) is 0 Å². The van der Waals surface area contributed by atoms with E-state index in [9.17, 15) is 19.5 Å². The van der Waals surface area contributed by atoms with E-state index >= 15 is 0 Å². The fourth-order valence-corrected chi connectivity index (χ4v) is 4.64. The lowest BCUT2D eigenvalue weighted by atomic mass is 9.94. The summed E-state index contributed by atoms with van der Waals surface area (Å²) >= 11 is 0. The van der Waals surface area contributed by atoms with Crippen LogP contribution < -0.4 is 14.4 Å². The molecular formula is C31H31NO7. The summed E-state index contributed by atoms with van der Waals surface area (Å²) in [5.41, 5.74) is 1.75. The zero-order chi connectivity index (χ0) is 27.9. The molecule has 0 bridgehead atoms. The standard InChI is InChI=1S/C31H31NO7/c1-3-4-7-18-39-23-16-12-21(13-17-23)29(35)27-28(24-8-5-6-9-25(24)38-2)32(31(37)30(27)36)22-14-10-20(11-15-22)19-26(33)34/h5-6,8-17,28,35H,3-4,7,18-19H2,1-2H3,(H,33,34)/b29-27-. The maximum Gasteiger partial charge on any atom is 0.307 e. The van der Waals surface area contributed by atoms with E-state index in [-0.39, 0.29) is 17.8 Å². The molecule has 1 saturated heterocycles. The van der Waals surface area contributed by atoms with Crippen LogP contribution in [0.5, 0.6) is 11.5 Å². The van der Waals surface area contributed by atoms with Crippen molar-refractivity contribution in [3.8, 4) is 11.5 Å². The van der Waals surface area contributed by atoms with Crippen LogP contribution in [0.2, 0.25) is 0 Å². The van der Waals surface area contributed by atoms with Crippen molar-refractivity contribution < 1.29 is 34.1 Å². The third kappa shape index (κ3) is 5.95. The molecule has 3 aromatic carbocycles. The Hall–Kier alpha value is -4.59. The van der Waals surface area contributed by atoms with E-state index in [1.165, 1.54) is 12.0 Å². The molecule has 0 spiro atoms. The van der Waals surface area contributed by atoms with Crippen LogP contribution in [0.15, 0.2) is 78.4 Å². The number of benzene rings is 3. The SMILES string of the molecule is CCCCCOc1ccc(/C(O)=C2/C(=O)C(=O)N(c3ccc(CC(=O)O)cc3)C2c2ccccc2OC)cc1. The first-order valence-corrected chi connectivity index (χ1v) is 12.8. The molecule has 3 aromatic rings. The van der Waals surface area contributed by atoms with Gasteiger partial charge >= 0.3 is 5.97 Å². The molecule has 0 radical (unpaired) electrons. The molecule has 4 rings (SSSR count). The molecule has 0 aliphatic carbocycles. The number of carboxylic acids is 1. The number of nitrogens with zero attached hydrogens (tertiary/aromatic N) is 1. The Morgan fingerprint density at radius 1 is 0.923 bits per heavy atom. The molecule has 1 atom stereocenters. The minimum atomic E-state index is -0.977. The second-order valence-corrected chi connectivity index (χ2v) is 9.23. The molecule has 39 heavy (non-hydrogen) atoms. The number of anilines is 1. The highest BCUT2D eigenvalue weighted by Crippen LogP contribution is 2.45. The molecule has 8 nitrogen and oxygen atoms in total. The lowest BCUT2D eigenvalue weighted by molar-refractivity contribution is -0.136. The lowest BCUT2D eigenvalue weighted by Crippen LogP contribution is -2.29. The van der Waals surface area contributed by atoms with Gasteiger partial charge in [-0.15, -0.1) is 0 Å². The van der Waals surface area contributed by atoms with Gasteiger partial charge in [-0.3, -0.25) is 19.3 Å². The molecule has 1 amide bonds. The number of carbonyl (C=O) groups is 3. The molecule has 1 aliphatic heterocycles. The molecule has 0 aromatic heterocycles. The molecule has 1 heterocycles. The van der Waals surface area contributed by atoms with Gasteiger partial charge in [0.25, 0.3) is 11.7 Å². The number of hydrogen-bond donors (Lipinski definition) is 2. The molecule has 1 fully saturated rings. The lowest BCUT2D eigenvalue weighted by Gasteiger charge is -2.26. The van der Waals surface area contributed by atoms with Crippen LogP contribution in [-0.2, 0) is 20.8 Å². The first-order chi connectivity index (χ1) is 18.8. The van der Waals surface area contributed by atoms with Gasteiger partial charge in [0.1, 0.15) is 17.3 Å². The van der Waals surface area contributed by atoms with E-state index in [0.717, 1.165) is 19.3 Å². The van der Waals surface area contributed by atoms with E-state index in [4.69, 9.17) is 14.6 Å². The smallest absolute Gasteiger partial charge is 0.307 e. The fraction of sp³-hybridized carbons (Fsp3) is 0.258. The minimum Gasteiger partial charge on any atom is -0.507 e. The van der Waals surface area contributed by atoms with Crippen LogP contribution in [0, 0.1) is 0 Å².